The molecular weight excluding hydrogens is 378 g/mol. The van der Waals surface area contributed by atoms with E-state index >= 15 is 0 Å². The normalized spacial score (nSPS) is 14.9. The van der Waals surface area contributed by atoms with E-state index in [-0.39, 0.29) is 6.03 Å². The molecule has 0 bridgehead atoms. The molecule has 1 fully saturated rings. The van der Waals surface area contributed by atoms with E-state index in [2.05, 4.69) is 25.6 Å². The van der Waals surface area contributed by atoms with Gasteiger partial charge >= 0.3 is 6.03 Å². The van der Waals surface area contributed by atoms with E-state index in [4.69, 9.17) is 0 Å². The second kappa shape index (κ2) is 8.06. The average Bonchev–Trinajstić information content (AvgIpc) is 3.25. The van der Waals surface area contributed by atoms with Crippen molar-refractivity contribution in [3.05, 3.63) is 47.6 Å². The van der Waals surface area contributed by atoms with Crippen LogP contribution in [-0.2, 0) is 0 Å². The quantitative estimate of drug-likeness (QED) is 0.712. The van der Waals surface area contributed by atoms with Gasteiger partial charge in [0.1, 0.15) is 0 Å². The first-order valence-electron chi connectivity index (χ1n) is 8.93. The van der Waals surface area contributed by atoms with Gasteiger partial charge in [0.2, 0.25) is 0 Å². The summed E-state index contributed by atoms with van der Waals surface area (Å²) in [6.07, 6.45) is 2.74. The number of carbonyl (C=O) groups is 1. The molecule has 3 heterocycles. The van der Waals surface area contributed by atoms with E-state index in [1.54, 1.807) is 11.3 Å². The Labute approximate surface area is 166 Å². The predicted molar refractivity (Wildman–Crippen MR) is 112 cm³/mol. The molecule has 0 radical (unpaired) electrons. The van der Waals surface area contributed by atoms with E-state index in [9.17, 15) is 4.79 Å². The molecule has 1 aliphatic heterocycles. The molecule has 0 spiro atoms. The highest BCUT2D eigenvalue weighted by Crippen LogP contribution is 2.29. The van der Waals surface area contributed by atoms with Crippen LogP contribution in [0.15, 0.2) is 41.9 Å². The number of aromatic nitrogens is 2. The third-order valence-corrected chi connectivity index (χ3v) is 6.42. The summed E-state index contributed by atoms with van der Waals surface area (Å²) < 4.78 is 0. The van der Waals surface area contributed by atoms with E-state index in [1.807, 2.05) is 48.4 Å². The van der Waals surface area contributed by atoms with Crippen LogP contribution in [0.25, 0.3) is 10.4 Å². The van der Waals surface area contributed by atoms with Gasteiger partial charge in [-0.05, 0) is 18.9 Å². The molecule has 8 heteroatoms. The lowest BCUT2D eigenvalue weighted by molar-refractivity contribution is 0.215. The minimum Gasteiger partial charge on any atom is -0.346 e. The van der Waals surface area contributed by atoms with Crippen molar-refractivity contribution in [1.29, 1.82) is 0 Å². The molecule has 0 saturated carbocycles. The molecule has 0 atom stereocenters. The summed E-state index contributed by atoms with van der Waals surface area (Å²) in [7, 11) is 0. The number of hydrogen-bond acceptors (Lipinski definition) is 6. The molecule has 3 aromatic rings. The Kier molecular flexibility index (Phi) is 5.35. The Morgan fingerprint density at radius 3 is 2.78 bits per heavy atom. The van der Waals surface area contributed by atoms with Crippen molar-refractivity contribution in [3.63, 3.8) is 0 Å². The standard InChI is InChI=1S/C19H21N5OS2/c1-14-13-26-19(21-14)24-9-5-8-23(10-11-24)18(25)22-17-20-12-16(27-17)15-6-3-2-4-7-15/h2-4,6-7,12-13H,5,8-11H2,1H3,(H,20,22,25). The number of aryl methyl sites for hydroxylation is 1. The van der Waals surface area contributed by atoms with Gasteiger partial charge in [-0.15, -0.1) is 11.3 Å². The van der Waals surface area contributed by atoms with Gasteiger partial charge < -0.3 is 9.80 Å². The van der Waals surface area contributed by atoms with Crippen molar-refractivity contribution in [2.75, 3.05) is 36.4 Å². The first-order chi connectivity index (χ1) is 13.2. The number of carbonyl (C=O) groups excluding carboxylic acids is 1. The van der Waals surface area contributed by atoms with Gasteiger partial charge in [-0.25, -0.2) is 14.8 Å². The summed E-state index contributed by atoms with van der Waals surface area (Å²) in [6.45, 7) is 5.15. The van der Waals surface area contributed by atoms with Gasteiger partial charge in [-0.3, -0.25) is 5.32 Å². The lowest BCUT2D eigenvalue weighted by atomic mass is 10.2. The Bertz CT molecular complexity index is 908. The molecule has 0 aliphatic carbocycles. The molecule has 4 rings (SSSR count). The number of anilines is 2. The molecule has 27 heavy (non-hydrogen) atoms. The lowest BCUT2D eigenvalue weighted by Crippen LogP contribution is -2.38. The molecular formula is C19H21N5OS2. The molecule has 0 unspecified atom stereocenters. The van der Waals surface area contributed by atoms with Crippen LogP contribution < -0.4 is 10.2 Å². The monoisotopic (exact) mass is 399 g/mol. The van der Waals surface area contributed by atoms with Gasteiger partial charge in [-0.1, -0.05) is 41.7 Å². The fourth-order valence-corrected chi connectivity index (χ4v) is 4.71. The van der Waals surface area contributed by atoms with Crippen molar-refractivity contribution < 1.29 is 4.79 Å². The molecule has 2 aromatic heterocycles. The lowest BCUT2D eigenvalue weighted by Gasteiger charge is -2.21. The molecule has 6 nitrogen and oxygen atoms in total. The molecule has 140 valence electrons. The topological polar surface area (TPSA) is 61.4 Å². The van der Waals surface area contributed by atoms with Crippen molar-refractivity contribution >= 4 is 39.0 Å². The second-order valence-corrected chi connectivity index (χ2v) is 8.29. The maximum Gasteiger partial charge on any atom is 0.323 e. The van der Waals surface area contributed by atoms with E-state index < -0.39 is 0 Å². The highest BCUT2D eigenvalue weighted by molar-refractivity contribution is 7.19. The first kappa shape index (κ1) is 17.9. The molecule has 1 aromatic carbocycles. The predicted octanol–water partition coefficient (Wildman–Crippen LogP) is 4.32. The van der Waals surface area contributed by atoms with E-state index in [0.717, 1.165) is 47.3 Å². The summed E-state index contributed by atoms with van der Waals surface area (Å²) in [5.41, 5.74) is 2.16. The van der Waals surface area contributed by atoms with Crippen LogP contribution in [0.3, 0.4) is 0 Å². The highest BCUT2D eigenvalue weighted by Gasteiger charge is 2.21. The van der Waals surface area contributed by atoms with Crippen molar-refractivity contribution in [3.8, 4) is 10.4 Å². The van der Waals surface area contributed by atoms with Gasteiger partial charge in [0.15, 0.2) is 10.3 Å². The Morgan fingerprint density at radius 2 is 2.00 bits per heavy atom. The fourth-order valence-electron chi connectivity index (χ4n) is 3.04. The number of amides is 2. The maximum atomic E-state index is 12.7. The van der Waals surface area contributed by atoms with Crippen LogP contribution in [0.5, 0.6) is 0 Å². The van der Waals surface area contributed by atoms with Crippen LogP contribution in [0.2, 0.25) is 0 Å². The van der Waals surface area contributed by atoms with Gasteiger partial charge in [0.05, 0.1) is 10.6 Å². The fraction of sp³-hybridized carbons (Fsp3) is 0.316. The van der Waals surface area contributed by atoms with Crippen LogP contribution in [0, 0.1) is 6.92 Å². The van der Waals surface area contributed by atoms with Crippen LogP contribution in [-0.4, -0.2) is 47.1 Å². The molecule has 2 amide bonds. The molecule has 1 N–H and O–H groups in total. The number of benzene rings is 1. The van der Waals surface area contributed by atoms with Crippen LogP contribution in [0.4, 0.5) is 15.1 Å². The zero-order valence-electron chi connectivity index (χ0n) is 15.1. The summed E-state index contributed by atoms with van der Waals surface area (Å²) in [5, 5.41) is 6.70. The number of nitrogens with one attached hydrogen (secondary N) is 1. The summed E-state index contributed by atoms with van der Waals surface area (Å²) in [6, 6.07) is 10.00. The largest absolute Gasteiger partial charge is 0.346 e. The van der Waals surface area contributed by atoms with E-state index in [0.29, 0.717) is 11.7 Å². The number of urea groups is 1. The zero-order valence-corrected chi connectivity index (χ0v) is 16.7. The minimum absolute atomic E-state index is 0.0823. The van der Waals surface area contributed by atoms with Crippen LogP contribution >= 0.6 is 22.7 Å². The maximum absolute atomic E-state index is 12.7. The Hall–Kier alpha value is -2.45. The molecule has 1 saturated heterocycles. The Morgan fingerprint density at radius 1 is 1.15 bits per heavy atom. The number of rotatable bonds is 3. The highest BCUT2D eigenvalue weighted by atomic mass is 32.1. The van der Waals surface area contributed by atoms with E-state index in [1.165, 1.54) is 11.3 Å². The summed E-state index contributed by atoms with van der Waals surface area (Å²) in [5.74, 6) is 0. The van der Waals surface area contributed by atoms with Crippen molar-refractivity contribution in [2.24, 2.45) is 0 Å². The smallest absolute Gasteiger partial charge is 0.323 e. The average molecular weight is 400 g/mol. The SMILES string of the molecule is Cc1csc(N2CCCN(C(=O)Nc3ncc(-c4ccccc4)s3)CC2)n1. The first-order valence-corrected chi connectivity index (χ1v) is 10.6. The summed E-state index contributed by atoms with van der Waals surface area (Å²) >= 11 is 3.16. The van der Waals surface area contributed by atoms with Gasteiger partial charge in [0, 0.05) is 37.8 Å². The second-order valence-electron chi connectivity index (χ2n) is 6.42. The number of nitrogens with zero attached hydrogens (tertiary/aromatic N) is 4. The Balaban J connectivity index is 1.37. The number of hydrogen-bond donors (Lipinski definition) is 1. The van der Waals surface area contributed by atoms with Crippen LogP contribution in [0.1, 0.15) is 12.1 Å². The van der Waals surface area contributed by atoms with Gasteiger partial charge in [-0.2, -0.15) is 0 Å². The third-order valence-electron chi connectivity index (χ3n) is 4.44. The minimum atomic E-state index is -0.0823. The summed E-state index contributed by atoms with van der Waals surface area (Å²) in [4.78, 5) is 26.8. The number of thiazole rings is 2. The van der Waals surface area contributed by atoms with Crippen molar-refractivity contribution in [1.82, 2.24) is 14.9 Å². The molecule has 1 aliphatic rings. The zero-order chi connectivity index (χ0) is 18.6. The van der Waals surface area contributed by atoms with Crippen molar-refractivity contribution in [2.45, 2.75) is 13.3 Å². The third kappa shape index (κ3) is 4.28. The van der Waals surface area contributed by atoms with Gasteiger partial charge in [0.25, 0.3) is 0 Å².